The number of pyridine rings is 1. The molecule has 0 atom stereocenters. The van der Waals surface area contributed by atoms with Gasteiger partial charge in [0, 0.05) is 17.8 Å². The van der Waals surface area contributed by atoms with Gasteiger partial charge >= 0.3 is 0 Å². The second-order valence-electron chi connectivity index (χ2n) is 3.68. The number of aromatic nitrogens is 1. The van der Waals surface area contributed by atoms with Gasteiger partial charge in [-0.15, -0.1) is 0 Å². The minimum Gasteiger partial charge on any atom is -0.497 e. The normalized spacial score (nSPS) is 9.47. The molecular formula is C14H10N2O3. The van der Waals surface area contributed by atoms with Gasteiger partial charge in [-0.3, -0.25) is 9.78 Å². The summed E-state index contributed by atoms with van der Waals surface area (Å²) in [5.74, 6) is 1.39. The number of carbonyl (C=O) groups excluding carboxylic acids is 1. The number of aldehydes is 1. The third-order valence-electron chi connectivity index (χ3n) is 2.35. The van der Waals surface area contributed by atoms with Crippen molar-refractivity contribution in [3.8, 4) is 23.3 Å². The SMILES string of the molecule is COc1cc(C#N)cc(Oc2cncc(C=O)c2)c1. The number of ether oxygens (including phenoxy) is 2. The van der Waals surface area contributed by atoms with Gasteiger partial charge in [0.2, 0.25) is 0 Å². The fourth-order valence-corrected chi connectivity index (χ4v) is 1.51. The van der Waals surface area contributed by atoms with Gasteiger partial charge in [0.05, 0.1) is 24.9 Å². The van der Waals surface area contributed by atoms with Crippen LogP contribution in [0.5, 0.6) is 17.2 Å². The molecule has 5 heteroatoms. The van der Waals surface area contributed by atoms with Crippen molar-refractivity contribution in [2.24, 2.45) is 0 Å². The molecule has 0 unspecified atom stereocenters. The Labute approximate surface area is 110 Å². The van der Waals surface area contributed by atoms with Crippen LogP contribution >= 0.6 is 0 Å². The highest BCUT2D eigenvalue weighted by Crippen LogP contribution is 2.26. The Morgan fingerprint density at radius 1 is 1.16 bits per heavy atom. The van der Waals surface area contributed by atoms with Crippen LogP contribution in [0, 0.1) is 11.3 Å². The van der Waals surface area contributed by atoms with Crippen molar-refractivity contribution in [1.82, 2.24) is 4.98 Å². The van der Waals surface area contributed by atoms with Gasteiger partial charge < -0.3 is 9.47 Å². The van der Waals surface area contributed by atoms with Crippen LogP contribution in [0.4, 0.5) is 0 Å². The molecule has 2 rings (SSSR count). The fourth-order valence-electron chi connectivity index (χ4n) is 1.51. The molecule has 0 fully saturated rings. The molecule has 19 heavy (non-hydrogen) atoms. The second-order valence-corrected chi connectivity index (χ2v) is 3.68. The number of nitriles is 1. The number of rotatable bonds is 4. The summed E-state index contributed by atoms with van der Waals surface area (Å²) in [6, 6.07) is 8.41. The molecule has 94 valence electrons. The third-order valence-corrected chi connectivity index (χ3v) is 2.35. The predicted octanol–water partition coefficient (Wildman–Crippen LogP) is 2.57. The summed E-state index contributed by atoms with van der Waals surface area (Å²) >= 11 is 0. The molecule has 0 aliphatic carbocycles. The van der Waals surface area contributed by atoms with E-state index in [9.17, 15) is 4.79 Å². The van der Waals surface area contributed by atoms with E-state index in [2.05, 4.69) is 4.98 Å². The van der Waals surface area contributed by atoms with Crippen molar-refractivity contribution in [3.63, 3.8) is 0 Å². The topological polar surface area (TPSA) is 72.2 Å². The van der Waals surface area contributed by atoms with E-state index in [1.54, 1.807) is 24.3 Å². The maximum atomic E-state index is 10.7. The van der Waals surface area contributed by atoms with Crippen LogP contribution in [0.2, 0.25) is 0 Å². The fraction of sp³-hybridized carbons (Fsp3) is 0.0714. The van der Waals surface area contributed by atoms with E-state index in [0.717, 1.165) is 0 Å². The first-order chi connectivity index (χ1) is 9.25. The van der Waals surface area contributed by atoms with E-state index in [4.69, 9.17) is 14.7 Å². The average molecular weight is 254 g/mol. The van der Waals surface area contributed by atoms with Gasteiger partial charge in [-0.2, -0.15) is 5.26 Å². The van der Waals surface area contributed by atoms with Crippen LogP contribution in [-0.4, -0.2) is 18.4 Å². The standard InChI is InChI=1S/C14H10N2O3/c1-18-12-2-10(6-15)3-13(5-12)19-14-4-11(9-17)7-16-8-14/h2-5,7-9H,1H3. The summed E-state index contributed by atoms with van der Waals surface area (Å²) in [6.45, 7) is 0. The van der Waals surface area contributed by atoms with Crippen molar-refractivity contribution >= 4 is 6.29 Å². The maximum absolute atomic E-state index is 10.7. The summed E-state index contributed by atoms with van der Waals surface area (Å²) in [5, 5.41) is 8.91. The first-order valence-corrected chi connectivity index (χ1v) is 5.42. The maximum Gasteiger partial charge on any atom is 0.151 e. The van der Waals surface area contributed by atoms with Crippen LogP contribution in [0.15, 0.2) is 36.7 Å². The Bertz CT molecular complexity index is 647. The molecule has 1 heterocycles. The quantitative estimate of drug-likeness (QED) is 0.784. The van der Waals surface area contributed by atoms with Gasteiger partial charge in [-0.05, 0) is 18.2 Å². The number of carbonyl (C=O) groups is 1. The summed E-state index contributed by atoms with van der Waals surface area (Å²) in [5.41, 5.74) is 0.842. The molecule has 5 nitrogen and oxygen atoms in total. The summed E-state index contributed by atoms with van der Waals surface area (Å²) in [4.78, 5) is 14.5. The molecule has 1 aromatic heterocycles. The first kappa shape index (κ1) is 12.6. The smallest absolute Gasteiger partial charge is 0.151 e. The number of benzene rings is 1. The molecule has 0 aliphatic rings. The minimum atomic E-state index is 0.418. The van der Waals surface area contributed by atoms with Crippen LogP contribution in [-0.2, 0) is 0 Å². The van der Waals surface area contributed by atoms with Crippen molar-refractivity contribution in [2.45, 2.75) is 0 Å². The lowest BCUT2D eigenvalue weighted by Gasteiger charge is -2.08. The molecule has 0 saturated carbocycles. The van der Waals surface area contributed by atoms with Gasteiger partial charge in [0.25, 0.3) is 0 Å². The van der Waals surface area contributed by atoms with Crippen LogP contribution in [0.3, 0.4) is 0 Å². The Hall–Kier alpha value is -2.87. The van der Waals surface area contributed by atoms with E-state index in [0.29, 0.717) is 34.7 Å². The predicted molar refractivity (Wildman–Crippen MR) is 67.4 cm³/mol. The average Bonchev–Trinajstić information content (AvgIpc) is 2.47. The van der Waals surface area contributed by atoms with Crippen molar-refractivity contribution in [2.75, 3.05) is 7.11 Å². The van der Waals surface area contributed by atoms with Gasteiger partial charge in [-0.1, -0.05) is 0 Å². The third kappa shape index (κ3) is 3.07. The second kappa shape index (κ2) is 5.65. The molecule has 0 saturated heterocycles. The number of methoxy groups -OCH3 is 1. The molecule has 0 aliphatic heterocycles. The molecule has 0 bridgehead atoms. The Kier molecular flexibility index (Phi) is 3.74. The van der Waals surface area contributed by atoms with E-state index < -0.39 is 0 Å². The number of nitrogens with zero attached hydrogens (tertiary/aromatic N) is 2. The summed E-state index contributed by atoms with van der Waals surface area (Å²) < 4.78 is 10.6. The molecule has 0 N–H and O–H groups in total. The molecule has 1 aromatic carbocycles. The van der Waals surface area contributed by atoms with E-state index in [1.807, 2.05) is 6.07 Å². The summed E-state index contributed by atoms with van der Waals surface area (Å²) in [7, 11) is 1.51. The van der Waals surface area contributed by atoms with Gasteiger partial charge in [0.1, 0.15) is 17.2 Å². The van der Waals surface area contributed by atoms with Crippen molar-refractivity contribution in [3.05, 3.63) is 47.8 Å². The van der Waals surface area contributed by atoms with Gasteiger partial charge in [-0.25, -0.2) is 0 Å². The molecule has 0 radical (unpaired) electrons. The number of hydrogen-bond acceptors (Lipinski definition) is 5. The molecule has 0 spiro atoms. The first-order valence-electron chi connectivity index (χ1n) is 5.42. The van der Waals surface area contributed by atoms with Crippen LogP contribution in [0.25, 0.3) is 0 Å². The lowest BCUT2D eigenvalue weighted by atomic mass is 10.2. The summed E-state index contributed by atoms with van der Waals surface area (Å²) in [6.07, 6.45) is 3.61. The molecule has 2 aromatic rings. The lowest BCUT2D eigenvalue weighted by molar-refractivity contribution is 0.112. The Morgan fingerprint density at radius 2 is 1.95 bits per heavy atom. The van der Waals surface area contributed by atoms with E-state index in [-0.39, 0.29) is 0 Å². The van der Waals surface area contributed by atoms with E-state index in [1.165, 1.54) is 19.5 Å². The zero-order chi connectivity index (χ0) is 13.7. The minimum absolute atomic E-state index is 0.418. The Morgan fingerprint density at radius 3 is 2.63 bits per heavy atom. The van der Waals surface area contributed by atoms with Gasteiger partial charge in [0.15, 0.2) is 6.29 Å². The van der Waals surface area contributed by atoms with E-state index >= 15 is 0 Å². The van der Waals surface area contributed by atoms with Crippen LogP contribution < -0.4 is 9.47 Å². The Balaban J connectivity index is 2.32. The monoisotopic (exact) mass is 254 g/mol. The molecular weight excluding hydrogens is 244 g/mol. The highest BCUT2D eigenvalue weighted by molar-refractivity contribution is 5.74. The number of hydrogen-bond donors (Lipinski definition) is 0. The molecule has 0 amide bonds. The highest BCUT2D eigenvalue weighted by Gasteiger charge is 2.04. The zero-order valence-corrected chi connectivity index (χ0v) is 10.2. The van der Waals surface area contributed by atoms with Crippen molar-refractivity contribution in [1.29, 1.82) is 5.26 Å². The largest absolute Gasteiger partial charge is 0.497 e. The highest BCUT2D eigenvalue weighted by atomic mass is 16.5. The lowest BCUT2D eigenvalue weighted by Crippen LogP contribution is -1.91. The van der Waals surface area contributed by atoms with Crippen LogP contribution in [0.1, 0.15) is 15.9 Å². The van der Waals surface area contributed by atoms with Crippen molar-refractivity contribution < 1.29 is 14.3 Å². The zero-order valence-electron chi connectivity index (χ0n) is 10.2.